The first-order valence-electron chi connectivity index (χ1n) is 7.40. The quantitative estimate of drug-likeness (QED) is 0.649. The number of carbonyl (C=O) groups is 2. The summed E-state index contributed by atoms with van der Waals surface area (Å²) in [5.41, 5.74) is 0. The van der Waals surface area contributed by atoms with Crippen LogP contribution in [-0.4, -0.2) is 60.4 Å². The zero-order valence-electron chi connectivity index (χ0n) is 12.0. The molecule has 2 atom stereocenters. The third kappa shape index (κ3) is 3.47. The van der Waals surface area contributed by atoms with Gasteiger partial charge in [-0.25, -0.2) is 0 Å². The number of rotatable bonds is 0. The van der Waals surface area contributed by atoms with E-state index in [1.54, 1.807) is 9.80 Å². The van der Waals surface area contributed by atoms with Gasteiger partial charge >= 0.3 is 11.8 Å². The van der Waals surface area contributed by atoms with E-state index in [2.05, 4.69) is 12.2 Å². The Morgan fingerprint density at radius 2 is 1.84 bits per heavy atom. The standard InChI is InChI=1S/C14H25N3O2/c1-11-4-8-17(12(2)10-11)14(19)13(18)16-7-3-5-15-6-9-16/h11-12,15H,3-10H2,1-2H3. The Balaban J connectivity index is 1.96. The van der Waals surface area contributed by atoms with Crippen LogP contribution in [0.15, 0.2) is 0 Å². The lowest BCUT2D eigenvalue weighted by Gasteiger charge is -2.37. The van der Waals surface area contributed by atoms with E-state index in [0.29, 0.717) is 19.0 Å². The Hall–Kier alpha value is -1.10. The number of carbonyl (C=O) groups excluding carboxylic acids is 2. The molecule has 2 aliphatic heterocycles. The molecule has 0 aromatic carbocycles. The normalized spacial score (nSPS) is 28.9. The Morgan fingerprint density at radius 1 is 1.05 bits per heavy atom. The summed E-state index contributed by atoms with van der Waals surface area (Å²) < 4.78 is 0. The number of nitrogens with zero attached hydrogens (tertiary/aromatic N) is 2. The maximum absolute atomic E-state index is 12.3. The predicted octanol–water partition coefficient (Wildman–Crippen LogP) is 0.455. The van der Waals surface area contributed by atoms with Gasteiger partial charge in [0.05, 0.1) is 0 Å². The summed E-state index contributed by atoms with van der Waals surface area (Å²) in [4.78, 5) is 28.1. The van der Waals surface area contributed by atoms with Gasteiger partial charge in [0.1, 0.15) is 0 Å². The molecule has 5 nitrogen and oxygen atoms in total. The SMILES string of the molecule is CC1CCN(C(=O)C(=O)N2CCCNCC2)C(C)C1. The first-order valence-corrected chi connectivity index (χ1v) is 7.40. The van der Waals surface area contributed by atoms with Crippen LogP contribution in [0.3, 0.4) is 0 Å². The number of hydrogen-bond acceptors (Lipinski definition) is 3. The molecule has 2 unspecified atom stereocenters. The first kappa shape index (κ1) is 14.3. The average molecular weight is 267 g/mol. The molecule has 2 fully saturated rings. The van der Waals surface area contributed by atoms with Crippen molar-refractivity contribution in [1.82, 2.24) is 15.1 Å². The number of piperidine rings is 1. The highest BCUT2D eigenvalue weighted by Gasteiger charge is 2.33. The summed E-state index contributed by atoms with van der Waals surface area (Å²) in [7, 11) is 0. The molecular weight excluding hydrogens is 242 g/mol. The number of amides is 2. The van der Waals surface area contributed by atoms with Crippen LogP contribution in [0.25, 0.3) is 0 Å². The Labute approximate surface area is 115 Å². The summed E-state index contributed by atoms with van der Waals surface area (Å²) >= 11 is 0. The average Bonchev–Trinajstić information content (AvgIpc) is 2.66. The molecule has 5 heteroatoms. The van der Waals surface area contributed by atoms with Crippen LogP contribution >= 0.6 is 0 Å². The molecular formula is C14H25N3O2. The molecule has 0 bridgehead atoms. The highest BCUT2D eigenvalue weighted by atomic mass is 16.2. The largest absolute Gasteiger partial charge is 0.333 e. The smallest absolute Gasteiger partial charge is 0.312 e. The van der Waals surface area contributed by atoms with Crippen molar-refractivity contribution in [2.75, 3.05) is 32.7 Å². The van der Waals surface area contributed by atoms with Crippen LogP contribution in [0.2, 0.25) is 0 Å². The lowest BCUT2D eigenvalue weighted by Crippen LogP contribution is -2.51. The second-order valence-corrected chi connectivity index (χ2v) is 5.87. The van der Waals surface area contributed by atoms with Crippen LogP contribution in [0.4, 0.5) is 0 Å². The van der Waals surface area contributed by atoms with Crippen molar-refractivity contribution in [1.29, 1.82) is 0 Å². The molecule has 0 spiro atoms. The van der Waals surface area contributed by atoms with E-state index in [9.17, 15) is 9.59 Å². The van der Waals surface area contributed by atoms with E-state index in [1.807, 2.05) is 6.92 Å². The molecule has 2 aliphatic rings. The minimum absolute atomic E-state index is 0.185. The van der Waals surface area contributed by atoms with Crippen molar-refractivity contribution in [3.05, 3.63) is 0 Å². The van der Waals surface area contributed by atoms with Gasteiger partial charge in [0.25, 0.3) is 0 Å². The number of hydrogen-bond donors (Lipinski definition) is 1. The second-order valence-electron chi connectivity index (χ2n) is 5.87. The highest BCUT2D eigenvalue weighted by Crippen LogP contribution is 2.22. The zero-order chi connectivity index (χ0) is 13.8. The third-order valence-electron chi connectivity index (χ3n) is 4.21. The summed E-state index contributed by atoms with van der Waals surface area (Å²) in [5.74, 6) is 0.0305. The second kappa shape index (κ2) is 6.37. The lowest BCUT2D eigenvalue weighted by molar-refractivity contribution is -0.154. The monoisotopic (exact) mass is 267 g/mol. The van der Waals surface area contributed by atoms with Crippen molar-refractivity contribution in [3.63, 3.8) is 0 Å². The topological polar surface area (TPSA) is 52.7 Å². The molecule has 1 N–H and O–H groups in total. The first-order chi connectivity index (χ1) is 9.09. The Morgan fingerprint density at radius 3 is 2.58 bits per heavy atom. The molecule has 0 saturated carbocycles. The fraction of sp³-hybridized carbons (Fsp3) is 0.857. The van der Waals surface area contributed by atoms with E-state index in [4.69, 9.17) is 0 Å². The fourth-order valence-electron chi connectivity index (χ4n) is 3.02. The van der Waals surface area contributed by atoms with E-state index in [-0.39, 0.29) is 17.9 Å². The summed E-state index contributed by atoms with van der Waals surface area (Å²) in [6.45, 7) is 8.02. The molecule has 0 radical (unpaired) electrons. The molecule has 0 aromatic heterocycles. The van der Waals surface area contributed by atoms with Gasteiger partial charge in [-0.05, 0) is 38.6 Å². The van der Waals surface area contributed by atoms with Crippen LogP contribution in [-0.2, 0) is 9.59 Å². The molecule has 0 aromatic rings. The van der Waals surface area contributed by atoms with Crippen molar-refractivity contribution in [2.24, 2.45) is 5.92 Å². The van der Waals surface area contributed by atoms with Gasteiger partial charge in [0, 0.05) is 32.2 Å². The van der Waals surface area contributed by atoms with Gasteiger partial charge in [-0.15, -0.1) is 0 Å². The van der Waals surface area contributed by atoms with Gasteiger partial charge in [0.2, 0.25) is 0 Å². The van der Waals surface area contributed by atoms with Gasteiger partial charge < -0.3 is 15.1 Å². The summed E-state index contributed by atoms with van der Waals surface area (Å²) in [6.07, 6.45) is 2.93. The summed E-state index contributed by atoms with van der Waals surface area (Å²) in [5, 5.41) is 3.25. The van der Waals surface area contributed by atoms with Crippen molar-refractivity contribution in [2.45, 2.75) is 39.2 Å². The predicted molar refractivity (Wildman–Crippen MR) is 73.6 cm³/mol. The fourth-order valence-corrected chi connectivity index (χ4v) is 3.02. The molecule has 2 heterocycles. The molecule has 2 amide bonds. The third-order valence-corrected chi connectivity index (χ3v) is 4.21. The van der Waals surface area contributed by atoms with Crippen LogP contribution < -0.4 is 5.32 Å². The van der Waals surface area contributed by atoms with E-state index in [0.717, 1.165) is 38.9 Å². The highest BCUT2D eigenvalue weighted by molar-refractivity contribution is 6.35. The van der Waals surface area contributed by atoms with Crippen LogP contribution in [0, 0.1) is 5.92 Å². The van der Waals surface area contributed by atoms with Gasteiger partial charge in [0.15, 0.2) is 0 Å². The summed E-state index contributed by atoms with van der Waals surface area (Å²) in [6, 6.07) is 0.185. The molecule has 0 aliphatic carbocycles. The number of likely N-dealkylation sites (tertiary alicyclic amines) is 1. The Kier molecular flexibility index (Phi) is 4.80. The molecule has 108 valence electrons. The van der Waals surface area contributed by atoms with Crippen LogP contribution in [0.5, 0.6) is 0 Å². The minimum Gasteiger partial charge on any atom is -0.333 e. The number of nitrogens with one attached hydrogen (secondary N) is 1. The van der Waals surface area contributed by atoms with E-state index < -0.39 is 0 Å². The van der Waals surface area contributed by atoms with Crippen molar-refractivity contribution in [3.8, 4) is 0 Å². The Bertz CT molecular complexity index is 338. The molecule has 2 rings (SSSR count). The van der Waals surface area contributed by atoms with Gasteiger partial charge in [-0.2, -0.15) is 0 Å². The van der Waals surface area contributed by atoms with Crippen molar-refractivity contribution < 1.29 is 9.59 Å². The molecule has 19 heavy (non-hydrogen) atoms. The van der Waals surface area contributed by atoms with E-state index >= 15 is 0 Å². The van der Waals surface area contributed by atoms with Crippen molar-refractivity contribution >= 4 is 11.8 Å². The van der Waals surface area contributed by atoms with E-state index in [1.165, 1.54) is 0 Å². The van der Waals surface area contributed by atoms with Gasteiger partial charge in [-0.1, -0.05) is 6.92 Å². The zero-order valence-corrected chi connectivity index (χ0v) is 12.0. The maximum atomic E-state index is 12.3. The maximum Gasteiger partial charge on any atom is 0.312 e. The lowest BCUT2D eigenvalue weighted by atomic mass is 9.93. The minimum atomic E-state index is -0.315. The van der Waals surface area contributed by atoms with Gasteiger partial charge in [-0.3, -0.25) is 9.59 Å². The molecule has 2 saturated heterocycles. The van der Waals surface area contributed by atoms with Crippen LogP contribution in [0.1, 0.15) is 33.1 Å².